The number of aromatic nitrogens is 3. The smallest absolute Gasteiger partial charge is 0.274 e. The largest absolute Gasteiger partial charge is 0.356 e. The van der Waals surface area contributed by atoms with Gasteiger partial charge in [-0.3, -0.25) is 9.78 Å². The minimum absolute atomic E-state index is 0.00142. The van der Waals surface area contributed by atoms with Crippen LogP contribution in [0.2, 0.25) is 0 Å². The average Bonchev–Trinajstić information content (AvgIpc) is 3.06. The van der Waals surface area contributed by atoms with Crippen molar-refractivity contribution in [3.05, 3.63) is 48.7 Å². The second-order valence-electron chi connectivity index (χ2n) is 6.78. The van der Waals surface area contributed by atoms with Gasteiger partial charge in [0.25, 0.3) is 5.91 Å². The number of amides is 1. The van der Waals surface area contributed by atoms with E-state index in [0.717, 1.165) is 44.8 Å². The molecule has 6 nitrogen and oxygen atoms in total. The van der Waals surface area contributed by atoms with Gasteiger partial charge < -0.3 is 9.80 Å². The van der Waals surface area contributed by atoms with Crippen LogP contribution in [0, 0.1) is 5.41 Å². The predicted octanol–water partition coefficient (Wildman–Crippen LogP) is 2.00. The van der Waals surface area contributed by atoms with E-state index in [4.69, 9.17) is 0 Å². The summed E-state index contributed by atoms with van der Waals surface area (Å²) in [6.45, 7) is 3.57. The maximum Gasteiger partial charge on any atom is 0.274 e. The van der Waals surface area contributed by atoms with Gasteiger partial charge in [0, 0.05) is 50.2 Å². The molecule has 0 bridgehead atoms. The van der Waals surface area contributed by atoms with Gasteiger partial charge in [-0.2, -0.15) is 0 Å². The van der Waals surface area contributed by atoms with Gasteiger partial charge in [0.05, 0.1) is 6.20 Å². The van der Waals surface area contributed by atoms with Crippen molar-refractivity contribution in [3.8, 4) is 0 Å². The standard InChI is InChI=1S/C18H21N5O/c24-17(15-12-19-8-9-20-15)23-10-3-5-18(14-23)6-11-22(13-18)16-4-1-2-7-21-16/h1-2,4,7-9,12H,3,5-6,10-11,13-14H2/t18-/m1/s1. The Morgan fingerprint density at radius 2 is 2.00 bits per heavy atom. The fraction of sp³-hybridized carbons (Fsp3) is 0.444. The van der Waals surface area contributed by atoms with Gasteiger partial charge in [0.1, 0.15) is 11.5 Å². The molecule has 24 heavy (non-hydrogen) atoms. The highest BCUT2D eigenvalue weighted by Gasteiger charge is 2.43. The first kappa shape index (κ1) is 15.1. The Labute approximate surface area is 141 Å². The summed E-state index contributed by atoms with van der Waals surface area (Å²) < 4.78 is 0. The van der Waals surface area contributed by atoms with Gasteiger partial charge in [0.15, 0.2) is 0 Å². The lowest BCUT2D eigenvalue weighted by Gasteiger charge is -2.40. The van der Waals surface area contributed by atoms with Crippen molar-refractivity contribution in [1.29, 1.82) is 0 Å². The highest BCUT2D eigenvalue weighted by Crippen LogP contribution is 2.40. The number of hydrogen-bond acceptors (Lipinski definition) is 5. The van der Waals surface area contributed by atoms with Crippen molar-refractivity contribution < 1.29 is 4.79 Å². The number of carbonyl (C=O) groups excluding carboxylic acids is 1. The highest BCUT2D eigenvalue weighted by molar-refractivity contribution is 5.92. The van der Waals surface area contributed by atoms with Crippen molar-refractivity contribution in [1.82, 2.24) is 19.9 Å². The molecule has 2 aliphatic rings. The van der Waals surface area contributed by atoms with E-state index in [1.807, 2.05) is 23.2 Å². The molecule has 124 valence electrons. The van der Waals surface area contributed by atoms with Crippen molar-refractivity contribution in [3.63, 3.8) is 0 Å². The lowest BCUT2D eigenvalue weighted by molar-refractivity contribution is 0.0550. The molecule has 0 aromatic carbocycles. The quantitative estimate of drug-likeness (QED) is 0.846. The van der Waals surface area contributed by atoms with Crippen molar-refractivity contribution in [2.45, 2.75) is 19.3 Å². The van der Waals surface area contributed by atoms with Crippen LogP contribution in [0.1, 0.15) is 29.8 Å². The zero-order valence-electron chi connectivity index (χ0n) is 13.6. The maximum atomic E-state index is 12.7. The van der Waals surface area contributed by atoms with E-state index in [-0.39, 0.29) is 11.3 Å². The molecule has 6 heteroatoms. The zero-order chi connectivity index (χ0) is 16.4. The van der Waals surface area contributed by atoms with Gasteiger partial charge in [-0.25, -0.2) is 9.97 Å². The molecule has 4 heterocycles. The van der Waals surface area contributed by atoms with E-state index in [0.29, 0.717) is 5.69 Å². The third-order valence-corrected chi connectivity index (χ3v) is 5.14. The summed E-state index contributed by atoms with van der Waals surface area (Å²) in [6.07, 6.45) is 9.88. The third-order valence-electron chi connectivity index (χ3n) is 5.14. The van der Waals surface area contributed by atoms with E-state index in [1.165, 1.54) is 6.42 Å². The van der Waals surface area contributed by atoms with Crippen LogP contribution < -0.4 is 4.90 Å². The lowest BCUT2D eigenvalue weighted by atomic mass is 9.79. The molecule has 2 aliphatic heterocycles. The summed E-state index contributed by atoms with van der Waals surface area (Å²) >= 11 is 0. The number of carbonyl (C=O) groups is 1. The first-order valence-electron chi connectivity index (χ1n) is 8.47. The highest BCUT2D eigenvalue weighted by atomic mass is 16.2. The van der Waals surface area contributed by atoms with Gasteiger partial charge >= 0.3 is 0 Å². The minimum Gasteiger partial charge on any atom is -0.356 e. The topological polar surface area (TPSA) is 62.2 Å². The molecule has 2 aromatic heterocycles. The normalized spacial score (nSPS) is 23.7. The van der Waals surface area contributed by atoms with E-state index in [1.54, 1.807) is 18.6 Å². The molecule has 2 aromatic rings. The number of nitrogens with zero attached hydrogens (tertiary/aromatic N) is 5. The van der Waals surface area contributed by atoms with Crippen LogP contribution >= 0.6 is 0 Å². The Morgan fingerprint density at radius 1 is 1.04 bits per heavy atom. The summed E-state index contributed by atoms with van der Waals surface area (Å²) in [4.78, 5) is 29.6. The number of rotatable bonds is 2. The number of piperidine rings is 1. The Hall–Kier alpha value is -2.50. The SMILES string of the molecule is O=C(c1cnccn1)N1CCC[C@]2(CCN(c3ccccn3)C2)C1. The Balaban J connectivity index is 1.48. The molecule has 1 amide bonds. The van der Waals surface area contributed by atoms with E-state index in [2.05, 4.69) is 25.9 Å². The van der Waals surface area contributed by atoms with E-state index in [9.17, 15) is 4.79 Å². The molecule has 2 fully saturated rings. The fourth-order valence-electron chi connectivity index (χ4n) is 3.96. The van der Waals surface area contributed by atoms with Crippen LogP contribution in [0.5, 0.6) is 0 Å². The fourth-order valence-corrected chi connectivity index (χ4v) is 3.96. The summed E-state index contributed by atoms with van der Waals surface area (Å²) in [5.74, 6) is 1.03. The van der Waals surface area contributed by atoms with Crippen LogP contribution in [0.4, 0.5) is 5.82 Å². The van der Waals surface area contributed by atoms with Crippen LogP contribution in [0.15, 0.2) is 43.0 Å². The molecule has 1 atom stereocenters. The maximum absolute atomic E-state index is 12.7. The average molecular weight is 323 g/mol. The molecular formula is C18H21N5O. The van der Waals surface area contributed by atoms with Crippen LogP contribution in [0.25, 0.3) is 0 Å². The lowest BCUT2D eigenvalue weighted by Crippen LogP contribution is -2.47. The molecule has 0 N–H and O–H groups in total. The Bertz CT molecular complexity index is 708. The van der Waals surface area contributed by atoms with Gasteiger partial charge in [-0.1, -0.05) is 6.07 Å². The molecular weight excluding hydrogens is 302 g/mol. The van der Waals surface area contributed by atoms with Crippen molar-refractivity contribution in [2.24, 2.45) is 5.41 Å². The van der Waals surface area contributed by atoms with Gasteiger partial charge in [-0.05, 0) is 31.4 Å². The summed E-state index contributed by atoms with van der Waals surface area (Å²) in [5, 5.41) is 0. The predicted molar refractivity (Wildman–Crippen MR) is 90.7 cm³/mol. The van der Waals surface area contributed by atoms with E-state index < -0.39 is 0 Å². The second-order valence-corrected chi connectivity index (χ2v) is 6.78. The molecule has 2 saturated heterocycles. The first-order chi connectivity index (χ1) is 11.8. The van der Waals surface area contributed by atoms with Crippen molar-refractivity contribution in [2.75, 3.05) is 31.1 Å². The van der Waals surface area contributed by atoms with Crippen molar-refractivity contribution >= 4 is 11.7 Å². The van der Waals surface area contributed by atoms with Gasteiger partial charge in [0.2, 0.25) is 0 Å². The van der Waals surface area contributed by atoms with Crippen LogP contribution in [-0.4, -0.2) is 51.9 Å². The molecule has 4 rings (SSSR count). The summed E-state index contributed by atoms with van der Waals surface area (Å²) in [6, 6.07) is 6.03. The van der Waals surface area contributed by atoms with Crippen LogP contribution in [0.3, 0.4) is 0 Å². The third kappa shape index (κ3) is 2.84. The Kier molecular flexibility index (Phi) is 3.88. The van der Waals surface area contributed by atoms with Crippen LogP contribution in [-0.2, 0) is 0 Å². The number of pyridine rings is 1. The summed E-state index contributed by atoms with van der Waals surface area (Å²) in [5.41, 5.74) is 0.613. The molecule has 0 radical (unpaired) electrons. The first-order valence-corrected chi connectivity index (χ1v) is 8.47. The molecule has 0 saturated carbocycles. The summed E-state index contributed by atoms with van der Waals surface area (Å²) in [7, 11) is 0. The zero-order valence-corrected chi connectivity index (χ0v) is 13.6. The minimum atomic E-state index is -0.00142. The van der Waals surface area contributed by atoms with E-state index >= 15 is 0 Å². The number of likely N-dealkylation sites (tertiary alicyclic amines) is 1. The molecule has 0 unspecified atom stereocenters. The molecule has 0 aliphatic carbocycles. The molecule has 1 spiro atoms. The second kappa shape index (κ2) is 6.19. The monoisotopic (exact) mass is 323 g/mol. The Morgan fingerprint density at radius 3 is 2.79 bits per heavy atom. The number of hydrogen-bond donors (Lipinski definition) is 0. The number of anilines is 1. The van der Waals surface area contributed by atoms with Gasteiger partial charge in [-0.15, -0.1) is 0 Å².